The summed E-state index contributed by atoms with van der Waals surface area (Å²) in [6, 6.07) is 2.47. The van der Waals surface area contributed by atoms with E-state index in [9.17, 15) is 4.79 Å². The minimum Gasteiger partial charge on any atom is -0.417 e. The van der Waals surface area contributed by atoms with Gasteiger partial charge in [-0.1, -0.05) is 0 Å². The van der Waals surface area contributed by atoms with Crippen LogP contribution in [0, 0.1) is 0 Å². The third kappa shape index (κ3) is 15.2. The molecule has 0 atom stereocenters. The van der Waals surface area contributed by atoms with E-state index >= 15 is 0 Å². The van der Waals surface area contributed by atoms with Gasteiger partial charge >= 0.3 is 11.9 Å². The minimum absolute atomic E-state index is 0.199. The molecule has 0 bridgehead atoms. The molecule has 0 radical (unpaired) electrons. The molecule has 0 amide bonds. The van der Waals surface area contributed by atoms with Crippen molar-refractivity contribution in [3.05, 3.63) is 17.9 Å². The highest BCUT2D eigenvalue weighted by molar-refractivity contribution is 5.86. The molecule has 0 aromatic carbocycles. The van der Waals surface area contributed by atoms with Crippen molar-refractivity contribution in [2.75, 3.05) is 7.05 Å². The van der Waals surface area contributed by atoms with Crippen molar-refractivity contribution in [1.82, 2.24) is 0 Å². The van der Waals surface area contributed by atoms with E-state index in [1.807, 2.05) is 0 Å². The molecule has 1 aromatic rings. The van der Waals surface area contributed by atoms with Gasteiger partial charge in [-0.05, 0) is 47.9 Å². The van der Waals surface area contributed by atoms with Crippen LogP contribution in [0.3, 0.4) is 0 Å². The first-order chi connectivity index (χ1) is 17.3. The molecule has 35 heavy (non-hydrogen) atoms. The van der Waals surface area contributed by atoms with E-state index in [0.717, 1.165) is 0 Å². The summed E-state index contributed by atoms with van der Waals surface area (Å²) in [5.41, 5.74) is 0. The van der Waals surface area contributed by atoms with Crippen LogP contribution in [0.15, 0.2) is 142 Å². The first-order valence-corrected chi connectivity index (χ1v) is 7.65. The summed E-state index contributed by atoms with van der Waals surface area (Å²) in [6.07, 6.45) is 0. The molecule has 0 fully saturated rings. The van der Waals surface area contributed by atoms with Gasteiger partial charge in [-0.15, -0.1) is 0 Å². The molecule has 1 heterocycles. The van der Waals surface area contributed by atoms with Gasteiger partial charge in [-0.25, -0.2) is 4.79 Å². The molecule has 0 aliphatic rings. The minimum atomic E-state index is -0.916. The van der Waals surface area contributed by atoms with E-state index < -0.39 is 5.97 Å². The van der Waals surface area contributed by atoms with Crippen LogP contribution in [0.2, 0.25) is 0 Å². The third-order valence-electron chi connectivity index (χ3n) is 1.99. The first-order valence-electron chi connectivity index (χ1n) is 7.65. The summed E-state index contributed by atoms with van der Waals surface area (Å²) in [4.78, 5) is 19.6. The number of hydrogen-bond acceptors (Lipinski definition) is 7. The quantitative estimate of drug-likeness (QED) is 0.282. The lowest BCUT2D eigenvalue weighted by Gasteiger charge is -1.91. The van der Waals surface area contributed by atoms with E-state index in [0.29, 0.717) is 0 Å². The number of hydrogen-bond donors (Lipinski definition) is 1. The van der Waals surface area contributed by atoms with Crippen molar-refractivity contribution in [2.45, 2.75) is 0 Å². The molecule has 29 heteroatoms. The second kappa shape index (κ2) is 19.7. The van der Waals surface area contributed by atoms with Crippen LogP contribution in [-0.2, 0) is 4.84 Å². The fraction of sp³-hybridized carbons (Fsp3) is 0.167. The summed E-state index contributed by atoms with van der Waals surface area (Å²) in [6.45, 7) is 0. The fourth-order valence-electron chi connectivity index (χ4n) is 1.01. The molecular formula is C6H7N25O4. The Morgan fingerprint density at radius 3 is 1.37 bits per heavy atom. The van der Waals surface area contributed by atoms with Gasteiger partial charge < -0.3 is 9.25 Å². The predicted octanol–water partition coefficient (Wildman–Crippen LogP) is 4.73. The van der Waals surface area contributed by atoms with Crippen molar-refractivity contribution < 1.29 is 18.9 Å². The monoisotopic (exact) mass is 493 g/mol. The molecule has 180 valence electrons. The van der Waals surface area contributed by atoms with E-state index in [1.54, 1.807) is 0 Å². The van der Waals surface area contributed by atoms with Gasteiger partial charge in [0.05, 0.1) is 12.3 Å². The summed E-state index contributed by atoms with van der Waals surface area (Å²) in [5, 5.41) is 72.9. The molecule has 0 unspecified atom stereocenters. The van der Waals surface area contributed by atoms with Crippen LogP contribution >= 0.6 is 0 Å². The largest absolute Gasteiger partial charge is 0.417 e. The molecule has 0 spiro atoms. The lowest BCUT2D eigenvalue weighted by Crippen LogP contribution is -2.08. The number of nitrogens with zero attached hydrogens (tertiary/aromatic N) is 24. The Kier molecular flexibility index (Phi) is 15.0. The first kappa shape index (κ1) is 26.7. The molecule has 1 aromatic heterocycles. The van der Waals surface area contributed by atoms with Crippen molar-refractivity contribution >= 4 is 5.97 Å². The van der Waals surface area contributed by atoms with Crippen LogP contribution in [0.4, 0.5) is 0 Å². The van der Waals surface area contributed by atoms with Crippen molar-refractivity contribution in [2.24, 2.45) is 131 Å². The Bertz CT molecular complexity index is 1100. The Hall–Kier alpha value is -6.29. The highest BCUT2D eigenvalue weighted by Gasteiger charge is 2.12. The third-order valence-corrected chi connectivity index (χ3v) is 1.99. The van der Waals surface area contributed by atoms with E-state index in [4.69, 9.17) is 4.42 Å². The summed E-state index contributed by atoms with van der Waals surface area (Å²) < 4.78 is 4.84. The average Bonchev–Trinajstić information content (AvgIpc) is 3.35. The standard InChI is InChI=1S/C6H7N25O4/c1-8-9-10-11-12-13-14-15-16-17-18-19-20-21-22-23-24-25-26-27-28-29-30-31-35-5-3-2-4(33-5)6(32)34-7/h2-3H,7H2,1H3. The molecule has 0 aliphatic carbocycles. The number of rotatable bonds is 14. The molecule has 0 aliphatic heterocycles. The Morgan fingerprint density at radius 2 is 1.00 bits per heavy atom. The number of nitrogens with two attached hydrogens (primary N) is 1. The molecular weight excluding hydrogens is 486 g/mol. The summed E-state index contributed by atoms with van der Waals surface area (Å²) in [5.74, 6) is 3.34. The lowest BCUT2D eigenvalue weighted by atomic mass is 10.5. The topological polar surface area (TPSA) is 371 Å². The average molecular weight is 493 g/mol. The molecule has 29 nitrogen and oxygen atoms in total. The van der Waals surface area contributed by atoms with E-state index in [1.165, 1.54) is 19.2 Å². The molecule has 0 saturated heterocycles. The zero-order valence-corrected chi connectivity index (χ0v) is 16.6. The van der Waals surface area contributed by atoms with Crippen molar-refractivity contribution in [3.63, 3.8) is 0 Å². The Labute approximate surface area is 188 Å². The Morgan fingerprint density at radius 1 is 0.629 bits per heavy atom. The van der Waals surface area contributed by atoms with Crippen LogP contribution in [-0.4, -0.2) is 13.0 Å². The van der Waals surface area contributed by atoms with E-state index in [2.05, 4.69) is 141 Å². The van der Waals surface area contributed by atoms with Crippen LogP contribution in [0.25, 0.3) is 0 Å². The smallest absolute Gasteiger partial charge is 0.392 e. The SMILES string of the molecule is CN=NN=NN=NN=NN=NN=NN=NN=NN=NN=NN=NN=NOc1ccc(C(=O)ON)o1. The zero-order chi connectivity index (χ0) is 25.2. The lowest BCUT2D eigenvalue weighted by molar-refractivity contribution is 0.0458. The second-order valence-electron chi connectivity index (χ2n) is 3.86. The van der Waals surface area contributed by atoms with Gasteiger partial charge in [0.25, 0.3) is 0 Å². The van der Waals surface area contributed by atoms with Gasteiger partial charge in [-0.2, -0.15) is 11.0 Å². The van der Waals surface area contributed by atoms with Crippen LogP contribution in [0.1, 0.15) is 10.6 Å². The van der Waals surface area contributed by atoms with Crippen molar-refractivity contribution in [3.8, 4) is 5.95 Å². The maximum Gasteiger partial charge on any atom is 0.392 e. The molecule has 0 saturated carbocycles. The molecule has 2 N–H and O–H groups in total. The number of carbonyl (C=O) groups excluding carboxylic acids is 1. The second-order valence-corrected chi connectivity index (χ2v) is 3.86. The number of furan rings is 1. The van der Waals surface area contributed by atoms with Crippen LogP contribution < -0.4 is 10.7 Å². The van der Waals surface area contributed by atoms with E-state index in [-0.39, 0.29) is 11.7 Å². The van der Waals surface area contributed by atoms with Gasteiger partial charge in [0, 0.05) is 79.2 Å². The summed E-state index contributed by atoms with van der Waals surface area (Å²) >= 11 is 0. The zero-order valence-electron chi connectivity index (χ0n) is 16.6. The Balaban J connectivity index is 2.18. The fourth-order valence-corrected chi connectivity index (χ4v) is 1.01. The normalized spacial score (nSPS) is 13.9. The predicted molar refractivity (Wildman–Crippen MR) is 93.1 cm³/mol. The summed E-state index contributed by atoms with van der Waals surface area (Å²) in [7, 11) is 1.38. The maximum atomic E-state index is 11.0. The van der Waals surface area contributed by atoms with Gasteiger partial charge in [0.1, 0.15) is 0 Å². The maximum absolute atomic E-state index is 11.0. The highest BCUT2D eigenvalue weighted by atomic mass is 16.7. The van der Waals surface area contributed by atoms with Gasteiger partial charge in [-0.3, -0.25) is 4.84 Å². The van der Waals surface area contributed by atoms with Gasteiger partial charge in [0.15, 0.2) is 0 Å². The highest BCUT2D eigenvalue weighted by Crippen LogP contribution is 2.16. The number of carbonyl (C=O) groups is 1. The molecule has 1 rings (SSSR count). The van der Waals surface area contributed by atoms with Crippen LogP contribution in [0.5, 0.6) is 5.95 Å². The van der Waals surface area contributed by atoms with Gasteiger partial charge in [0.2, 0.25) is 5.76 Å². The van der Waals surface area contributed by atoms with Crippen molar-refractivity contribution in [1.29, 1.82) is 0 Å².